The first kappa shape index (κ1) is 28.3. The van der Waals surface area contributed by atoms with Crippen molar-refractivity contribution in [2.24, 2.45) is 0 Å². The molecule has 182 valence electrons. The minimum absolute atomic E-state index is 0.231. The number of carbonyl (C=O) groups excluding carboxylic acids is 3. The Bertz CT molecular complexity index is 765. The van der Waals surface area contributed by atoms with Gasteiger partial charge >= 0.3 is 11.9 Å². The normalized spacial score (nSPS) is 13.2. The fraction of sp³-hybridized carbons (Fsp3) is 0.536. The van der Waals surface area contributed by atoms with Crippen LogP contribution in [0.5, 0.6) is 0 Å². The zero-order chi connectivity index (χ0) is 24.3. The SMILES string of the molecule is CCCCCCCC[C@@H](/C=C/C=C/c1ccccc1[C@H](CCCC=O)OC(C)=O)OC(C)=O. The first-order chi connectivity index (χ1) is 16.0. The Kier molecular flexibility index (Phi) is 15.3. The number of carbonyl (C=O) groups is 3. The van der Waals surface area contributed by atoms with Crippen molar-refractivity contribution < 1.29 is 23.9 Å². The third-order valence-electron chi connectivity index (χ3n) is 5.31. The monoisotopic (exact) mass is 456 g/mol. The van der Waals surface area contributed by atoms with E-state index in [0.29, 0.717) is 19.3 Å². The summed E-state index contributed by atoms with van der Waals surface area (Å²) in [5.74, 6) is -0.617. The minimum Gasteiger partial charge on any atom is -0.458 e. The summed E-state index contributed by atoms with van der Waals surface area (Å²) in [6.45, 7) is 5.04. The summed E-state index contributed by atoms with van der Waals surface area (Å²) in [6.07, 6.45) is 17.6. The number of esters is 2. The molecular weight excluding hydrogens is 416 g/mol. The smallest absolute Gasteiger partial charge is 0.303 e. The average molecular weight is 457 g/mol. The highest BCUT2D eigenvalue weighted by Crippen LogP contribution is 2.27. The molecule has 5 heteroatoms. The van der Waals surface area contributed by atoms with E-state index in [0.717, 1.165) is 36.7 Å². The van der Waals surface area contributed by atoms with Crippen molar-refractivity contribution in [2.75, 3.05) is 0 Å². The van der Waals surface area contributed by atoms with E-state index in [-0.39, 0.29) is 18.0 Å². The molecular formula is C28H40O5. The number of hydrogen-bond donors (Lipinski definition) is 0. The highest BCUT2D eigenvalue weighted by Gasteiger charge is 2.17. The van der Waals surface area contributed by atoms with Crippen molar-refractivity contribution in [3.8, 4) is 0 Å². The maximum atomic E-state index is 11.6. The quantitative estimate of drug-likeness (QED) is 0.110. The first-order valence-corrected chi connectivity index (χ1v) is 12.2. The van der Waals surface area contributed by atoms with Crippen molar-refractivity contribution >= 4 is 24.3 Å². The van der Waals surface area contributed by atoms with Gasteiger partial charge in [0, 0.05) is 20.3 Å². The Balaban J connectivity index is 2.80. The molecule has 33 heavy (non-hydrogen) atoms. The van der Waals surface area contributed by atoms with Gasteiger partial charge in [0.15, 0.2) is 0 Å². The van der Waals surface area contributed by atoms with Crippen molar-refractivity contribution in [1.29, 1.82) is 0 Å². The highest BCUT2D eigenvalue weighted by molar-refractivity contribution is 5.67. The molecule has 0 aliphatic carbocycles. The zero-order valence-corrected chi connectivity index (χ0v) is 20.5. The summed E-state index contributed by atoms with van der Waals surface area (Å²) in [5.41, 5.74) is 1.85. The van der Waals surface area contributed by atoms with Gasteiger partial charge in [0.1, 0.15) is 18.5 Å². The fourth-order valence-electron chi connectivity index (χ4n) is 3.70. The summed E-state index contributed by atoms with van der Waals surface area (Å²) in [5, 5.41) is 0. The number of unbranched alkanes of at least 4 members (excludes halogenated alkanes) is 6. The number of ether oxygens (including phenoxy) is 2. The van der Waals surface area contributed by atoms with Crippen molar-refractivity contribution in [3.63, 3.8) is 0 Å². The van der Waals surface area contributed by atoms with Gasteiger partial charge in [-0.3, -0.25) is 9.59 Å². The van der Waals surface area contributed by atoms with E-state index in [1.165, 1.54) is 39.5 Å². The lowest BCUT2D eigenvalue weighted by atomic mass is 9.98. The van der Waals surface area contributed by atoms with Gasteiger partial charge in [-0.1, -0.05) is 81.5 Å². The Hall–Kier alpha value is -2.69. The van der Waals surface area contributed by atoms with Gasteiger partial charge in [-0.2, -0.15) is 0 Å². The van der Waals surface area contributed by atoms with E-state index in [4.69, 9.17) is 9.47 Å². The van der Waals surface area contributed by atoms with Crippen molar-refractivity contribution in [2.45, 2.75) is 97.2 Å². The van der Waals surface area contributed by atoms with Gasteiger partial charge in [-0.05, 0) is 42.9 Å². The van der Waals surface area contributed by atoms with Crippen LogP contribution in [-0.4, -0.2) is 24.3 Å². The van der Waals surface area contributed by atoms with Crippen LogP contribution in [-0.2, 0) is 23.9 Å². The molecule has 0 heterocycles. The summed E-state index contributed by atoms with van der Waals surface area (Å²) in [7, 11) is 0. The van der Waals surface area contributed by atoms with Gasteiger partial charge in [-0.25, -0.2) is 0 Å². The molecule has 0 aliphatic heterocycles. The number of aldehydes is 1. The molecule has 2 atom stereocenters. The molecule has 0 aliphatic rings. The first-order valence-electron chi connectivity index (χ1n) is 12.2. The average Bonchev–Trinajstić information content (AvgIpc) is 2.78. The van der Waals surface area contributed by atoms with Gasteiger partial charge in [0.25, 0.3) is 0 Å². The second-order valence-electron chi connectivity index (χ2n) is 8.27. The van der Waals surface area contributed by atoms with Crippen LogP contribution < -0.4 is 0 Å². The van der Waals surface area contributed by atoms with Crippen molar-refractivity contribution in [3.05, 3.63) is 53.6 Å². The van der Waals surface area contributed by atoms with E-state index >= 15 is 0 Å². The lowest BCUT2D eigenvalue weighted by Crippen LogP contribution is -2.13. The minimum atomic E-state index is -0.395. The molecule has 1 aromatic rings. The molecule has 1 aromatic carbocycles. The fourth-order valence-corrected chi connectivity index (χ4v) is 3.70. The Morgan fingerprint density at radius 3 is 2.27 bits per heavy atom. The van der Waals surface area contributed by atoms with E-state index < -0.39 is 6.10 Å². The van der Waals surface area contributed by atoms with Gasteiger partial charge in [0.2, 0.25) is 0 Å². The van der Waals surface area contributed by atoms with Crippen LogP contribution in [0, 0.1) is 0 Å². The predicted octanol–water partition coefficient (Wildman–Crippen LogP) is 6.91. The van der Waals surface area contributed by atoms with E-state index in [2.05, 4.69) is 6.92 Å². The summed E-state index contributed by atoms with van der Waals surface area (Å²) < 4.78 is 11.0. The molecule has 0 spiro atoms. The molecule has 0 saturated carbocycles. The Morgan fingerprint density at radius 2 is 1.58 bits per heavy atom. The molecule has 0 bridgehead atoms. The molecule has 0 N–H and O–H groups in total. The molecule has 0 amide bonds. The van der Waals surface area contributed by atoms with Gasteiger partial charge < -0.3 is 14.3 Å². The number of rotatable bonds is 17. The van der Waals surface area contributed by atoms with E-state index in [9.17, 15) is 14.4 Å². The second-order valence-corrected chi connectivity index (χ2v) is 8.27. The van der Waals surface area contributed by atoms with Crippen molar-refractivity contribution in [1.82, 2.24) is 0 Å². The highest BCUT2D eigenvalue weighted by atomic mass is 16.5. The number of benzene rings is 1. The van der Waals surface area contributed by atoms with E-state index in [1.807, 2.05) is 48.6 Å². The predicted molar refractivity (Wildman–Crippen MR) is 133 cm³/mol. The molecule has 0 radical (unpaired) electrons. The van der Waals surface area contributed by atoms with Gasteiger partial charge in [0.05, 0.1) is 0 Å². The molecule has 0 unspecified atom stereocenters. The Labute approximate surface area is 199 Å². The lowest BCUT2D eigenvalue weighted by molar-refractivity contribution is -0.147. The Morgan fingerprint density at radius 1 is 0.879 bits per heavy atom. The zero-order valence-electron chi connectivity index (χ0n) is 20.5. The molecule has 5 nitrogen and oxygen atoms in total. The van der Waals surface area contributed by atoms with E-state index in [1.54, 1.807) is 0 Å². The van der Waals surface area contributed by atoms with Gasteiger partial charge in [-0.15, -0.1) is 0 Å². The summed E-state index contributed by atoms with van der Waals surface area (Å²) in [6, 6.07) is 7.76. The number of allylic oxidation sites excluding steroid dienone is 2. The summed E-state index contributed by atoms with van der Waals surface area (Å²) >= 11 is 0. The number of hydrogen-bond acceptors (Lipinski definition) is 5. The van der Waals surface area contributed by atoms with Crippen LogP contribution in [0.3, 0.4) is 0 Å². The van der Waals surface area contributed by atoms with Crippen LogP contribution in [0.4, 0.5) is 0 Å². The lowest BCUT2D eigenvalue weighted by Gasteiger charge is -2.19. The van der Waals surface area contributed by atoms with Crippen LogP contribution in [0.1, 0.15) is 102 Å². The maximum absolute atomic E-state index is 11.6. The summed E-state index contributed by atoms with van der Waals surface area (Å²) in [4.78, 5) is 33.7. The van der Waals surface area contributed by atoms with Crippen LogP contribution in [0.25, 0.3) is 6.08 Å². The molecule has 0 fully saturated rings. The van der Waals surface area contributed by atoms with Crippen LogP contribution in [0.2, 0.25) is 0 Å². The maximum Gasteiger partial charge on any atom is 0.303 e. The largest absolute Gasteiger partial charge is 0.458 e. The van der Waals surface area contributed by atoms with Crippen LogP contribution >= 0.6 is 0 Å². The third-order valence-corrected chi connectivity index (χ3v) is 5.31. The molecule has 0 aromatic heterocycles. The molecule has 1 rings (SSSR count). The van der Waals surface area contributed by atoms with Crippen LogP contribution in [0.15, 0.2) is 42.5 Å². The third kappa shape index (κ3) is 13.5. The second kappa shape index (κ2) is 17.8. The standard InChI is InChI=1S/C28H40O5/c1-4-5-6-7-8-9-18-26(32-23(2)30)19-12-10-16-25-17-11-13-20-27(25)28(33-24(3)31)21-14-15-22-29/h10-13,16-17,19-20,22,26,28H,4-9,14-15,18,21H2,1-3H3/b16-10+,19-12+/t26-,28-/m0/s1. The molecule has 0 saturated heterocycles. The topological polar surface area (TPSA) is 69.7 Å².